The zero-order valence-electron chi connectivity index (χ0n) is 14.4. The fourth-order valence-electron chi connectivity index (χ4n) is 2.55. The van der Waals surface area contributed by atoms with Crippen molar-refractivity contribution in [3.05, 3.63) is 59.1 Å². The van der Waals surface area contributed by atoms with E-state index in [0.29, 0.717) is 28.1 Å². The number of anilines is 1. The minimum atomic E-state index is -3.80. The van der Waals surface area contributed by atoms with Gasteiger partial charge in [-0.1, -0.05) is 23.7 Å². The lowest BCUT2D eigenvalue weighted by Crippen LogP contribution is -2.13. The second kappa shape index (κ2) is 7.01. The highest BCUT2D eigenvalue weighted by molar-refractivity contribution is 7.92. The number of hydrogen-bond acceptors (Lipinski definition) is 5. The van der Waals surface area contributed by atoms with E-state index in [4.69, 9.17) is 20.8 Å². The van der Waals surface area contributed by atoms with E-state index in [1.165, 1.54) is 25.3 Å². The number of halogens is 1. The molecule has 1 aromatic heterocycles. The molecule has 0 radical (unpaired) electrons. The maximum Gasteiger partial charge on any atom is 0.262 e. The molecule has 0 amide bonds. The number of aromatic nitrogens is 1. The van der Waals surface area contributed by atoms with Gasteiger partial charge in [-0.05, 0) is 37.3 Å². The van der Waals surface area contributed by atoms with Crippen LogP contribution in [0.4, 0.5) is 5.69 Å². The fourth-order valence-corrected chi connectivity index (χ4v) is 3.79. The molecule has 0 bridgehead atoms. The predicted molar refractivity (Wildman–Crippen MR) is 100 cm³/mol. The molecule has 0 unspecified atom stereocenters. The van der Waals surface area contributed by atoms with E-state index >= 15 is 0 Å². The van der Waals surface area contributed by atoms with Gasteiger partial charge < -0.3 is 9.15 Å². The van der Waals surface area contributed by atoms with Gasteiger partial charge in [0.15, 0.2) is 5.89 Å². The number of nitrogens with zero attached hydrogens (tertiary/aromatic N) is 1. The van der Waals surface area contributed by atoms with E-state index in [0.717, 1.165) is 5.56 Å². The summed E-state index contributed by atoms with van der Waals surface area (Å²) >= 11 is 5.95. The Bertz CT molecular complexity index is 1040. The first-order chi connectivity index (χ1) is 12.3. The third-order valence-electron chi connectivity index (χ3n) is 3.75. The van der Waals surface area contributed by atoms with E-state index in [1.807, 2.05) is 6.92 Å². The summed E-state index contributed by atoms with van der Waals surface area (Å²) in [5.41, 5.74) is 1.74. The number of methoxy groups -OCH3 is 1. The molecule has 1 heterocycles. The Hall–Kier alpha value is -2.51. The zero-order chi connectivity index (χ0) is 18.9. The summed E-state index contributed by atoms with van der Waals surface area (Å²) in [6, 6.07) is 11.1. The van der Waals surface area contributed by atoms with E-state index in [9.17, 15) is 8.42 Å². The molecule has 6 nitrogen and oxygen atoms in total. The van der Waals surface area contributed by atoms with Gasteiger partial charge in [-0.2, -0.15) is 0 Å². The Morgan fingerprint density at radius 1 is 1.12 bits per heavy atom. The summed E-state index contributed by atoms with van der Waals surface area (Å²) < 4.78 is 38.4. The number of oxazole rings is 1. The molecule has 8 heteroatoms. The summed E-state index contributed by atoms with van der Waals surface area (Å²) in [4.78, 5) is 4.42. The Balaban J connectivity index is 1.91. The molecule has 1 N–H and O–H groups in total. The lowest BCUT2D eigenvalue weighted by Gasteiger charge is -2.12. The molecule has 0 aliphatic rings. The number of rotatable bonds is 5. The quantitative estimate of drug-likeness (QED) is 0.695. The molecule has 0 saturated heterocycles. The normalized spacial score (nSPS) is 11.4. The predicted octanol–water partition coefficient (Wildman–Crippen LogP) is 4.42. The minimum Gasteiger partial charge on any atom is -0.495 e. The number of aryl methyl sites for hydroxylation is 2. The average molecular weight is 393 g/mol. The highest BCUT2D eigenvalue weighted by Gasteiger charge is 2.18. The van der Waals surface area contributed by atoms with Gasteiger partial charge >= 0.3 is 0 Å². The van der Waals surface area contributed by atoms with Crippen LogP contribution in [0.15, 0.2) is 51.8 Å². The van der Waals surface area contributed by atoms with Crippen LogP contribution in [0.5, 0.6) is 5.75 Å². The SMILES string of the molecule is COc1ccc(Cl)cc1NS(=O)(=O)c1ccc(-c2nc(C)oc2C)cc1. The molecule has 0 fully saturated rings. The molecule has 26 heavy (non-hydrogen) atoms. The number of sulfonamides is 1. The second-order valence-corrected chi connectivity index (χ2v) is 7.73. The summed E-state index contributed by atoms with van der Waals surface area (Å²) in [6.07, 6.45) is 0. The smallest absolute Gasteiger partial charge is 0.262 e. The Morgan fingerprint density at radius 2 is 1.81 bits per heavy atom. The molecule has 0 saturated carbocycles. The van der Waals surface area contributed by atoms with Crippen LogP contribution >= 0.6 is 11.6 Å². The molecule has 3 rings (SSSR count). The van der Waals surface area contributed by atoms with Crippen LogP contribution < -0.4 is 9.46 Å². The van der Waals surface area contributed by atoms with Crippen molar-refractivity contribution in [2.24, 2.45) is 0 Å². The van der Waals surface area contributed by atoms with Crippen LogP contribution in [0.1, 0.15) is 11.7 Å². The fraction of sp³-hybridized carbons (Fsp3) is 0.167. The Morgan fingerprint density at radius 3 is 2.38 bits per heavy atom. The molecule has 136 valence electrons. The van der Waals surface area contributed by atoms with Crippen LogP contribution in [-0.4, -0.2) is 20.5 Å². The molecule has 2 aromatic carbocycles. The zero-order valence-corrected chi connectivity index (χ0v) is 16.0. The highest BCUT2D eigenvalue weighted by atomic mass is 35.5. The van der Waals surface area contributed by atoms with Crippen LogP contribution in [0, 0.1) is 13.8 Å². The molecular weight excluding hydrogens is 376 g/mol. The number of benzene rings is 2. The lowest BCUT2D eigenvalue weighted by atomic mass is 10.1. The van der Waals surface area contributed by atoms with Crippen LogP contribution in [0.2, 0.25) is 5.02 Å². The van der Waals surface area contributed by atoms with Crippen molar-refractivity contribution in [2.75, 3.05) is 11.8 Å². The van der Waals surface area contributed by atoms with Crippen molar-refractivity contribution in [2.45, 2.75) is 18.7 Å². The average Bonchev–Trinajstić information content (AvgIpc) is 2.93. The Labute approximate surface area is 156 Å². The summed E-state index contributed by atoms with van der Waals surface area (Å²) in [6.45, 7) is 3.57. The van der Waals surface area contributed by atoms with Gasteiger partial charge in [-0.25, -0.2) is 13.4 Å². The van der Waals surface area contributed by atoms with Crippen molar-refractivity contribution in [3.63, 3.8) is 0 Å². The van der Waals surface area contributed by atoms with Gasteiger partial charge in [0.05, 0.1) is 17.7 Å². The first-order valence-corrected chi connectivity index (χ1v) is 9.57. The van der Waals surface area contributed by atoms with Crippen molar-refractivity contribution < 1.29 is 17.6 Å². The van der Waals surface area contributed by atoms with E-state index in [2.05, 4.69) is 9.71 Å². The summed E-state index contributed by atoms with van der Waals surface area (Å²) in [5.74, 6) is 1.62. The van der Waals surface area contributed by atoms with Gasteiger partial charge in [0, 0.05) is 17.5 Å². The van der Waals surface area contributed by atoms with Crippen molar-refractivity contribution >= 4 is 27.3 Å². The molecule has 0 spiro atoms. The van der Waals surface area contributed by atoms with Crippen LogP contribution in [0.25, 0.3) is 11.3 Å². The molecule has 0 aliphatic heterocycles. The van der Waals surface area contributed by atoms with Gasteiger partial charge in [0.2, 0.25) is 0 Å². The van der Waals surface area contributed by atoms with Gasteiger partial charge in [0.25, 0.3) is 10.0 Å². The van der Waals surface area contributed by atoms with Crippen molar-refractivity contribution in [1.82, 2.24) is 4.98 Å². The maximum atomic E-state index is 12.7. The van der Waals surface area contributed by atoms with Crippen molar-refractivity contribution in [1.29, 1.82) is 0 Å². The van der Waals surface area contributed by atoms with Crippen LogP contribution in [-0.2, 0) is 10.0 Å². The summed E-state index contributed by atoms with van der Waals surface area (Å²) in [5, 5.41) is 0.399. The third-order valence-corrected chi connectivity index (χ3v) is 5.36. The van der Waals surface area contributed by atoms with Crippen LogP contribution in [0.3, 0.4) is 0 Å². The monoisotopic (exact) mass is 392 g/mol. The minimum absolute atomic E-state index is 0.112. The Kier molecular flexibility index (Phi) is 4.93. The van der Waals surface area contributed by atoms with Crippen molar-refractivity contribution in [3.8, 4) is 17.0 Å². The van der Waals surface area contributed by atoms with Gasteiger partial charge in [-0.15, -0.1) is 0 Å². The maximum absolute atomic E-state index is 12.7. The third kappa shape index (κ3) is 3.68. The topological polar surface area (TPSA) is 81.4 Å². The number of hydrogen-bond donors (Lipinski definition) is 1. The van der Waals surface area contributed by atoms with E-state index in [1.54, 1.807) is 31.2 Å². The summed E-state index contributed by atoms with van der Waals surface area (Å²) in [7, 11) is -2.34. The molecule has 0 atom stereocenters. The van der Waals surface area contributed by atoms with Gasteiger partial charge in [-0.3, -0.25) is 4.72 Å². The standard InChI is InChI=1S/C18H17ClN2O4S/c1-11-18(20-12(2)25-11)13-4-7-15(8-5-13)26(22,23)21-16-10-14(19)6-9-17(16)24-3/h4-10,21H,1-3H3. The van der Waals surface area contributed by atoms with E-state index in [-0.39, 0.29) is 10.6 Å². The number of nitrogens with one attached hydrogen (secondary N) is 1. The number of ether oxygens (including phenoxy) is 1. The first-order valence-electron chi connectivity index (χ1n) is 7.71. The van der Waals surface area contributed by atoms with Gasteiger partial charge in [0.1, 0.15) is 17.2 Å². The lowest BCUT2D eigenvalue weighted by molar-refractivity contribution is 0.417. The molecule has 0 aliphatic carbocycles. The highest BCUT2D eigenvalue weighted by Crippen LogP contribution is 2.30. The van der Waals surface area contributed by atoms with E-state index < -0.39 is 10.0 Å². The largest absolute Gasteiger partial charge is 0.495 e. The second-order valence-electron chi connectivity index (χ2n) is 5.61. The molecule has 3 aromatic rings. The first kappa shape index (κ1) is 18.3. The molecular formula is C18H17ClN2O4S.